The number of urea groups is 1. The molecule has 1 aromatic rings. The Labute approximate surface area is 219 Å². The van der Waals surface area contributed by atoms with E-state index in [1.807, 2.05) is 36.2 Å². The maximum absolute atomic E-state index is 13.3. The van der Waals surface area contributed by atoms with Crippen LogP contribution in [0, 0.1) is 11.8 Å². The van der Waals surface area contributed by atoms with Crippen LogP contribution in [0.4, 0.5) is 9.59 Å². The molecule has 36 heavy (non-hydrogen) atoms. The van der Waals surface area contributed by atoms with Crippen LogP contribution >= 0.6 is 11.6 Å². The molecule has 0 radical (unpaired) electrons. The Morgan fingerprint density at radius 2 is 2.06 bits per heavy atom. The molecule has 2 aliphatic heterocycles. The number of hydrogen-bond donors (Lipinski definition) is 3. The highest BCUT2D eigenvalue weighted by Crippen LogP contribution is 2.34. The summed E-state index contributed by atoms with van der Waals surface area (Å²) in [6.45, 7) is 4.32. The fraction of sp³-hybridized carbons (Fsp3) is 0.692. The first-order chi connectivity index (χ1) is 17.5. The molecular formula is C26H41ClN4O5. The number of nitrogens with one attached hydrogen (secondary N) is 3. The summed E-state index contributed by atoms with van der Waals surface area (Å²) < 4.78 is 16.4. The monoisotopic (exact) mass is 524 g/mol. The molecule has 0 aliphatic carbocycles. The molecule has 0 unspecified atom stereocenters. The summed E-state index contributed by atoms with van der Waals surface area (Å²) in [6.07, 6.45) is 4.15. The second-order valence-corrected chi connectivity index (χ2v) is 10.0. The standard InChI is InChI=1S/C26H41ClN4O5/c1-28-17-23(15-19-8-12-35-13-9-19)30-25(32)31-11-4-6-21(18-31)24(20-5-3-7-22(27)16-20)36-14-10-29-26(33)34-2/h3,5,7,16,19,21,23-24,28H,4,6,8-15,17-18H2,1-2H3,(H,29,33)(H,30,32)/t21-,23-,24+/m1/s1. The van der Waals surface area contributed by atoms with Gasteiger partial charge in [-0.3, -0.25) is 0 Å². The summed E-state index contributed by atoms with van der Waals surface area (Å²) in [7, 11) is 3.25. The van der Waals surface area contributed by atoms with Crippen molar-refractivity contribution >= 4 is 23.7 Å². The number of rotatable bonds is 11. The minimum absolute atomic E-state index is 0.0239. The molecule has 0 saturated carbocycles. The number of alkyl carbamates (subject to hydrolysis) is 1. The minimum atomic E-state index is -0.490. The van der Waals surface area contributed by atoms with E-state index in [2.05, 4.69) is 20.7 Å². The lowest BCUT2D eigenvalue weighted by Gasteiger charge is -2.38. The molecule has 202 valence electrons. The number of halogens is 1. The number of likely N-dealkylation sites (tertiary alicyclic amines) is 1. The van der Waals surface area contributed by atoms with Gasteiger partial charge in [0, 0.05) is 56.4 Å². The molecule has 1 aromatic carbocycles. The highest BCUT2D eigenvalue weighted by atomic mass is 35.5. The van der Waals surface area contributed by atoms with Crippen LogP contribution in [0.2, 0.25) is 5.02 Å². The first kappa shape index (κ1) is 28.5. The van der Waals surface area contributed by atoms with E-state index >= 15 is 0 Å². The molecule has 0 spiro atoms. The third kappa shape index (κ3) is 9.10. The van der Waals surface area contributed by atoms with E-state index in [0.717, 1.165) is 64.0 Å². The number of methoxy groups -OCH3 is 1. The second-order valence-electron chi connectivity index (χ2n) is 9.61. The molecule has 3 rings (SSSR count). The van der Waals surface area contributed by atoms with Gasteiger partial charge in [0.1, 0.15) is 0 Å². The van der Waals surface area contributed by atoms with Crippen molar-refractivity contribution < 1.29 is 23.8 Å². The fourth-order valence-corrected chi connectivity index (χ4v) is 5.33. The van der Waals surface area contributed by atoms with Gasteiger partial charge >= 0.3 is 12.1 Å². The number of likely N-dealkylation sites (N-methyl/N-ethyl adjacent to an activating group) is 1. The summed E-state index contributed by atoms with van der Waals surface area (Å²) in [4.78, 5) is 26.6. The average Bonchev–Trinajstić information content (AvgIpc) is 2.89. The van der Waals surface area contributed by atoms with E-state index < -0.39 is 6.09 Å². The first-order valence-corrected chi connectivity index (χ1v) is 13.3. The smallest absolute Gasteiger partial charge is 0.406 e. The van der Waals surface area contributed by atoms with Gasteiger partial charge in [0.15, 0.2) is 0 Å². The Balaban J connectivity index is 1.62. The predicted octanol–water partition coefficient (Wildman–Crippen LogP) is 3.58. The quantitative estimate of drug-likeness (QED) is 0.382. The number of nitrogens with zero attached hydrogens (tertiary/aromatic N) is 1. The van der Waals surface area contributed by atoms with Crippen LogP contribution in [0.25, 0.3) is 0 Å². The number of piperidine rings is 1. The summed E-state index contributed by atoms with van der Waals surface area (Å²) >= 11 is 6.28. The van der Waals surface area contributed by atoms with Gasteiger partial charge < -0.3 is 35.1 Å². The zero-order valence-electron chi connectivity index (χ0n) is 21.5. The molecule has 3 N–H and O–H groups in total. The second kappa shape index (κ2) is 15.2. The van der Waals surface area contributed by atoms with E-state index in [0.29, 0.717) is 30.6 Å². The Morgan fingerprint density at radius 1 is 1.25 bits per heavy atom. The van der Waals surface area contributed by atoms with E-state index in [-0.39, 0.29) is 24.1 Å². The summed E-state index contributed by atoms with van der Waals surface area (Å²) in [5.74, 6) is 0.685. The van der Waals surface area contributed by atoms with E-state index in [1.165, 1.54) is 7.11 Å². The molecule has 2 heterocycles. The van der Waals surface area contributed by atoms with E-state index in [9.17, 15) is 9.59 Å². The molecule has 0 bridgehead atoms. The van der Waals surface area contributed by atoms with Gasteiger partial charge in [-0.15, -0.1) is 0 Å². The van der Waals surface area contributed by atoms with Crippen LogP contribution in [0.3, 0.4) is 0 Å². The molecule has 2 fully saturated rings. The van der Waals surface area contributed by atoms with Crippen molar-refractivity contribution in [3.63, 3.8) is 0 Å². The summed E-state index contributed by atoms with van der Waals surface area (Å²) in [5.41, 5.74) is 0.973. The van der Waals surface area contributed by atoms with Crippen molar-refractivity contribution in [2.24, 2.45) is 11.8 Å². The largest absolute Gasteiger partial charge is 0.453 e. The zero-order chi connectivity index (χ0) is 25.8. The van der Waals surface area contributed by atoms with Gasteiger partial charge in [-0.05, 0) is 62.8 Å². The van der Waals surface area contributed by atoms with Crippen molar-refractivity contribution in [3.05, 3.63) is 34.9 Å². The maximum Gasteiger partial charge on any atom is 0.406 e. The third-order valence-electron chi connectivity index (χ3n) is 6.94. The lowest BCUT2D eigenvalue weighted by Crippen LogP contribution is -2.52. The number of hydrogen-bond acceptors (Lipinski definition) is 6. The number of ether oxygens (including phenoxy) is 3. The van der Waals surface area contributed by atoms with Gasteiger partial charge in [-0.25, -0.2) is 9.59 Å². The van der Waals surface area contributed by atoms with Crippen LogP contribution in [0.15, 0.2) is 24.3 Å². The highest BCUT2D eigenvalue weighted by molar-refractivity contribution is 6.30. The zero-order valence-corrected chi connectivity index (χ0v) is 22.2. The Morgan fingerprint density at radius 3 is 2.78 bits per heavy atom. The van der Waals surface area contributed by atoms with E-state index in [1.54, 1.807) is 0 Å². The maximum atomic E-state index is 13.3. The third-order valence-corrected chi connectivity index (χ3v) is 7.18. The molecule has 2 saturated heterocycles. The lowest BCUT2D eigenvalue weighted by molar-refractivity contribution is -0.00868. The van der Waals surface area contributed by atoms with Crippen molar-refractivity contribution in [1.29, 1.82) is 0 Å². The predicted molar refractivity (Wildman–Crippen MR) is 139 cm³/mol. The number of carbonyl (C=O) groups is 2. The summed E-state index contributed by atoms with van der Waals surface area (Å²) in [5, 5.41) is 9.79. The molecule has 10 heteroatoms. The lowest BCUT2D eigenvalue weighted by atomic mass is 9.88. The highest BCUT2D eigenvalue weighted by Gasteiger charge is 2.32. The SMILES string of the molecule is CNC[C@@H](CC1CCOCC1)NC(=O)N1CCC[C@@H]([C@@H](OCCNC(=O)OC)c2cccc(Cl)c2)C1. The molecule has 0 aromatic heterocycles. The van der Waals surface area contributed by atoms with E-state index in [4.69, 9.17) is 21.1 Å². The average molecular weight is 525 g/mol. The number of amides is 3. The topological polar surface area (TPSA) is 101 Å². The fourth-order valence-electron chi connectivity index (χ4n) is 5.13. The van der Waals surface area contributed by atoms with Gasteiger partial charge in [0.05, 0.1) is 19.8 Å². The number of carbonyl (C=O) groups excluding carboxylic acids is 2. The van der Waals surface area contributed by atoms with Crippen molar-refractivity contribution in [2.45, 2.75) is 44.2 Å². The molecular weight excluding hydrogens is 484 g/mol. The molecule has 2 aliphatic rings. The molecule has 3 atom stereocenters. The Kier molecular flexibility index (Phi) is 12.1. The van der Waals surface area contributed by atoms with Crippen LogP contribution in [0.1, 0.15) is 43.8 Å². The normalized spacial score (nSPS) is 20.4. The van der Waals surface area contributed by atoms with Crippen LogP contribution in [-0.2, 0) is 14.2 Å². The van der Waals surface area contributed by atoms with Crippen molar-refractivity contribution in [1.82, 2.24) is 20.9 Å². The Bertz CT molecular complexity index is 823. The molecule has 9 nitrogen and oxygen atoms in total. The van der Waals surface area contributed by atoms with Gasteiger partial charge in [0.25, 0.3) is 0 Å². The van der Waals surface area contributed by atoms with Crippen LogP contribution in [0.5, 0.6) is 0 Å². The summed E-state index contributed by atoms with van der Waals surface area (Å²) in [6, 6.07) is 7.71. The van der Waals surface area contributed by atoms with Crippen molar-refractivity contribution in [2.75, 3.05) is 60.2 Å². The van der Waals surface area contributed by atoms with Crippen molar-refractivity contribution in [3.8, 4) is 0 Å². The van der Waals surface area contributed by atoms with Gasteiger partial charge in [-0.2, -0.15) is 0 Å². The van der Waals surface area contributed by atoms with Gasteiger partial charge in [-0.1, -0.05) is 23.7 Å². The number of benzene rings is 1. The van der Waals surface area contributed by atoms with Crippen LogP contribution in [-0.4, -0.2) is 83.2 Å². The first-order valence-electron chi connectivity index (χ1n) is 13.0. The van der Waals surface area contributed by atoms with Crippen LogP contribution < -0.4 is 16.0 Å². The van der Waals surface area contributed by atoms with Gasteiger partial charge in [0.2, 0.25) is 0 Å². The Hall–Kier alpha value is -2.07. The minimum Gasteiger partial charge on any atom is -0.453 e. The molecule has 3 amide bonds.